The molecule has 0 radical (unpaired) electrons. The molecule has 1 aliphatic rings. The number of amides is 1. The molecule has 0 spiro atoms. The average molecular weight is 290 g/mol. The molecule has 0 aliphatic carbocycles. The second-order valence-electron chi connectivity index (χ2n) is 5.61. The molecule has 5 nitrogen and oxygen atoms in total. The van der Waals surface area contributed by atoms with Gasteiger partial charge in [0.05, 0.1) is 5.41 Å². The van der Waals surface area contributed by atoms with Gasteiger partial charge in [-0.25, -0.2) is 0 Å². The highest BCUT2D eigenvalue weighted by atomic mass is 16.4. The molecule has 1 amide bonds. The number of carboxylic acid groups (broad SMARTS) is 1. The quantitative estimate of drug-likeness (QED) is 0.749. The van der Waals surface area contributed by atoms with E-state index in [2.05, 4.69) is 10.6 Å². The van der Waals surface area contributed by atoms with E-state index in [-0.39, 0.29) is 17.7 Å². The van der Waals surface area contributed by atoms with E-state index in [1.54, 1.807) is 0 Å². The van der Waals surface area contributed by atoms with Gasteiger partial charge in [0.2, 0.25) is 5.91 Å². The van der Waals surface area contributed by atoms with Crippen LogP contribution in [0.2, 0.25) is 0 Å². The van der Waals surface area contributed by atoms with Gasteiger partial charge in [0, 0.05) is 18.7 Å². The maximum atomic E-state index is 12.4. The fourth-order valence-corrected chi connectivity index (χ4v) is 2.67. The van der Waals surface area contributed by atoms with Gasteiger partial charge < -0.3 is 15.7 Å². The van der Waals surface area contributed by atoms with E-state index in [1.807, 2.05) is 31.2 Å². The number of carboxylic acids is 1. The molecule has 0 saturated carbocycles. The number of rotatable bonds is 6. The lowest BCUT2D eigenvalue weighted by Gasteiger charge is -2.25. The van der Waals surface area contributed by atoms with Crippen LogP contribution in [0.25, 0.3) is 0 Å². The molecule has 5 heteroatoms. The van der Waals surface area contributed by atoms with Gasteiger partial charge in [-0.1, -0.05) is 19.1 Å². The Balaban J connectivity index is 1.96. The molecule has 1 aliphatic heterocycles. The predicted octanol–water partition coefficient (Wildman–Crippen LogP) is 2.03. The number of anilines is 1. The Morgan fingerprint density at radius 3 is 2.57 bits per heavy atom. The SMILES string of the molecule is CCC1(C(=O)Nc2ccc(CCC(=O)O)cc2)CCNC1. The summed E-state index contributed by atoms with van der Waals surface area (Å²) in [6, 6.07) is 7.40. The zero-order valence-corrected chi connectivity index (χ0v) is 12.3. The Bertz CT molecular complexity index is 505. The molecule has 0 aromatic heterocycles. The first-order valence-electron chi connectivity index (χ1n) is 7.39. The highest BCUT2D eigenvalue weighted by Crippen LogP contribution is 2.31. The Labute approximate surface area is 124 Å². The highest BCUT2D eigenvalue weighted by Gasteiger charge is 2.39. The molecule has 21 heavy (non-hydrogen) atoms. The molecular formula is C16H22N2O3. The van der Waals surface area contributed by atoms with Crippen LogP contribution in [0.1, 0.15) is 31.7 Å². The number of aliphatic carboxylic acids is 1. The maximum Gasteiger partial charge on any atom is 0.303 e. The van der Waals surface area contributed by atoms with Gasteiger partial charge in [0.15, 0.2) is 0 Å². The Kier molecular flexibility index (Phi) is 4.96. The normalized spacial score (nSPS) is 21.2. The summed E-state index contributed by atoms with van der Waals surface area (Å²) in [7, 11) is 0. The number of nitrogens with one attached hydrogen (secondary N) is 2. The Morgan fingerprint density at radius 1 is 1.33 bits per heavy atom. The van der Waals surface area contributed by atoms with Crippen molar-refractivity contribution in [2.75, 3.05) is 18.4 Å². The molecule has 114 valence electrons. The second-order valence-corrected chi connectivity index (χ2v) is 5.61. The van der Waals surface area contributed by atoms with Crippen LogP contribution >= 0.6 is 0 Å². The van der Waals surface area contributed by atoms with Gasteiger partial charge in [-0.3, -0.25) is 9.59 Å². The van der Waals surface area contributed by atoms with Crippen molar-refractivity contribution in [1.29, 1.82) is 0 Å². The molecule has 1 aromatic carbocycles. The number of hydrogen-bond donors (Lipinski definition) is 3. The number of hydrogen-bond acceptors (Lipinski definition) is 3. The Morgan fingerprint density at radius 2 is 2.05 bits per heavy atom. The summed E-state index contributed by atoms with van der Waals surface area (Å²) in [5, 5.41) is 14.9. The lowest BCUT2D eigenvalue weighted by Crippen LogP contribution is -2.37. The van der Waals surface area contributed by atoms with Crippen LogP contribution in [0.3, 0.4) is 0 Å². The zero-order chi connectivity index (χ0) is 15.3. The topological polar surface area (TPSA) is 78.4 Å². The lowest BCUT2D eigenvalue weighted by atomic mass is 9.83. The van der Waals surface area contributed by atoms with Crippen LogP contribution in [0.5, 0.6) is 0 Å². The van der Waals surface area contributed by atoms with Crippen molar-refractivity contribution in [2.45, 2.75) is 32.6 Å². The minimum atomic E-state index is -0.800. The summed E-state index contributed by atoms with van der Waals surface area (Å²) >= 11 is 0. The predicted molar refractivity (Wildman–Crippen MR) is 81.2 cm³/mol. The van der Waals surface area contributed by atoms with Gasteiger partial charge in [0.1, 0.15) is 0 Å². The lowest BCUT2D eigenvalue weighted by molar-refractivity contribution is -0.137. The van der Waals surface area contributed by atoms with Gasteiger partial charge in [0.25, 0.3) is 0 Å². The summed E-state index contributed by atoms with van der Waals surface area (Å²) in [4.78, 5) is 23.0. The molecule has 1 heterocycles. The summed E-state index contributed by atoms with van der Waals surface area (Å²) in [6.45, 7) is 3.66. The van der Waals surface area contributed by atoms with E-state index >= 15 is 0 Å². The van der Waals surface area contributed by atoms with Crippen molar-refractivity contribution in [3.8, 4) is 0 Å². The second kappa shape index (κ2) is 6.72. The first kappa shape index (κ1) is 15.5. The molecule has 2 rings (SSSR count). The molecule has 1 atom stereocenters. The third kappa shape index (κ3) is 3.82. The molecule has 1 unspecified atom stereocenters. The van der Waals surface area contributed by atoms with Crippen molar-refractivity contribution in [3.05, 3.63) is 29.8 Å². The summed E-state index contributed by atoms with van der Waals surface area (Å²) in [6.07, 6.45) is 2.32. The van der Waals surface area contributed by atoms with Crippen LogP contribution in [-0.4, -0.2) is 30.1 Å². The number of carbonyl (C=O) groups excluding carboxylic acids is 1. The van der Waals surface area contributed by atoms with Crippen molar-refractivity contribution in [1.82, 2.24) is 5.32 Å². The van der Waals surface area contributed by atoms with Crippen molar-refractivity contribution in [3.63, 3.8) is 0 Å². The van der Waals surface area contributed by atoms with Crippen molar-refractivity contribution >= 4 is 17.6 Å². The standard InChI is InChI=1S/C16H22N2O3/c1-2-16(9-10-17-11-16)15(21)18-13-6-3-12(4-7-13)5-8-14(19)20/h3-4,6-7,17H,2,5,8-11H2,1H3,(H,18,21)(H,19,20). The van der Waals surface area contributed by atoms with Gasteiger partial charge in [-0.2, -0.15) is 0 Å². The number of carbonyl (C=O) groups is 2. The van der Waals surface area contributed by atoms with Crippen molar-refractivity contribution < 1.29 is 14.7 Å². The van der Waals surface area contributed by atoms with E-state index in [0.29, 0.717) is 6.42 Å². The summed E-state index contributed by atoms with van der Waals surface area (Å²) in [5.41, 5.74) is 1.42. The van der Waals surface area contributed by atoms with E-state index in [0.717, 1.165) is 37.2 Å². The minimum absolute atomic E-state index is 0.0632. The van der Waals surface area contributed by atoms with Crippen LogP contribution in [-0.2, 0) is 16.0 Å². The first-order valence-corrected chi connectivity index (χ1v) is 7.39. The fourth-order valence-electron chi connectivity index (χ4n) is 2.67. The van der Waals surface area contributed by atoms with Gasteiger partial charge in [-0.05, 0) is 43.5 Å². The van der Waals surface area contributed by atoms with Crippen LogP contribution in [0.15, 0.2) is 24.3 Å². The van der Waals surface area contributed by atoms with E-state index < -0.39 is 5.97 Å². The molecule has 1 saturated heterocycles. The molecule has 0 bridgehead atoms. The zero-order valence-electron chi connectivity index (χ0n) is 12.3. The van der Waals surface area contributed by atoms with Crippen LogP contribution in [0, 0.1) is 5.41 Å². The number of benzene rings is 1. The smallest absolute Gasteiger partial charge is 0.303 e. The third-order valence-corrected chi connectivity index (χ3v) is 4.24. The molecule has 3 N–H and O–H groups in total. The fraction of sp³-hybridized carbons (Fsp3) is 0.500. The Hall–Kier alpha value is -1.88. The first-order chi connectivity index (χ1) is 10.1. The third-order valence-electron chi connectivity index (χ3n) is 4.24. The minimum Gasteiger partial charge on any atom is -0.481 e. The maximum absolute atomic E-state index is 12.4. The van der Waals surface area contributed by atoms with Crippen LogP contribution < -0.4 is 10.6 Å². The number of aryl methyl sites for hydroxylation is 1. The van der Waals surface area contributed by atoms with E-state index in [1.165, 1.54) is 0 Å². The molecular weight excluding hydrogens is 268 g/mol. The van der Waals surface area contributed by atoms with Gasteiger partial charge in [-0.15, -0.1) is 0 Å². The van der Waals surface area contributed by atoms with Crippen molar-refractivity contribution in [2.24, 2.45) is 5.41 Å². The average Bonchev–Trinajstić information content (AvgIpc) is 2.96. The largest absolute Gasteiger partial charge is 0.481 e. The highest BCUT2D eigenvalue weighted by molar-refractivity contribution is 5.95. The molecule has 1 aromatic rings. The summed E-state index contributed by atoms with van der Waals surface area (Å²) in [5.74, 6) is -0.737. The van der Waals surface area contributed by atoms with Gasteiger partial charge >= 0.3 is 5.97 Å². The summed E-state index contributed by atoms with van der Waals surface area (Å²) < 4.78 is 0. The van der Waals surface area contributed by atoms with E-state index in [4.69, 9.17) is 5.11 Å². The monoisotopic (exact) mass is 290 g/mol. The molecule has 1 fully saturated rings. The van der Waals surface area contributed by atoms with Crippen LogP contribution in [0.4, 0.5) is 5.69 Å². The van der Waals surface area contributed by atoms with E-state index in [9.17, 15) is 9.59 Å².